The Morgan fingerprint density at radius 3 is 1.79 bits per heavy atom. The number of carbonyl (C=O) groups excluding carboxylic acids is 2. The Balaban J connectivity index is 1.51. The van der Waals surface area contributed by atoms with E-state index in [1.807, 2.05) is 0 Å². The maximum absolute atomic E-state index is 13.9. The van der Waals surface area contributed by atoms with E-state index in [2.05, 4.69) is 30.9 Å². The SMILES string of the molecule is Cc1c(Nc2nc(Cl)nc(Nc3ccc(S(=O)O)cc3)n2)c(C)c(S(=O)(=O)O)c(C)c1Nc1cc(S(=O)(=O)O)c(N)c2c1C(=O)c1ccccc1C2=O. The van der Waals surface area contributed by atoms with Crippen LogP contribution in [0.3, 0.4) is 0 Å². The number of ketones is 2. The zero-order valence-corrected chi connectivity index (χ0v) is 30.6. The van der Waals surface area contributed by atoms with Crippen molar-refractivity contribution >= 4 is 94.8 Å². The summed E-state index contributed by atoms with van der Waals surface area (Å²) in [6.07, 6.45) is 0. The van der Waals surface area contributed by atoms with E-state index in [0.717, 1.165) is 6.07 Å². The Kier molecular flexibility index (Phi) is 9.58. The van der Waals surface area contributed by atoms with Crippen molar-refractivity contribution in [3.8, 4) is 0 Å². The zero-order valence-electron chi connectivity index (χ0n) is 27.4. The molecule has 0 saturated carbocycles. The standard InChI is InChI=1S/C32H26ClN7O10S3/c1-13-25(36-20-12-21(52(45,46)47)24(34)23-22(20)27(41)18-6-4-5-7-19(18)28(23)42)14(2)29(53(48,49)50)15(3)26(13)37-32-39-30(33)38-31(40-32)35-16-8-10-17(11-9-16)51(43)44/h4-12,36H,34H2,1-3H3,(H,43,44)(H,45,46,47)(H,48,49,50)(H2,35,37,38,39,40). The summed E-state index contributed by atoms with van der Waals surface area (Å²) in [4.78, 5) is 38.6. The van der Waals surface area contributed by atoms with Crippen LogP contribution >= 0.6 is 11.6 Å². The van der Waals surface area contributed by atoms with Crippen LogP contribution in [0.5, 0.6) is 0 Å². The van der Waals surface area contributed by atoms with Crippen LogP contribution in [0.25, 0.3) is 0 Å². The third-order valence-corrected chi connectivity index (χ3v) is 11.2. The summed E-state index contributed by atoms with van der Waals surface area (Å²) in [5.74, 6) is -1.81. The average Bonchev–Trinajstić information content (AvgIpc) is 3.06. The Morgan fingerprint density at radius 2 is 1.26 bits per heavy atom. The molecule has 4 aromatic carbocycles. The van der Waals surface area contributed by atoms with Gasteiger partial charge < -0.3 is 26.2 Å². The molecule has 8 N–H and O–H groups in total. The lowest BCUT2D eigenvalue weighted by atomic mass is 9.82. The topological polar surface area (TPSA) is 281 Å². The number of nitrogens with zero attached hydrogens (tertiary/aromatic N) is 3. The number of anilines is 7. The van der Waals surface area contributed by atoms with Gasteiger partial charge in [-0.15, -0.1) is 0 Å². The second kappa shape index (κ2) is 13.6. The van der Waals surface area contributed by atoms with Gasteiger partial charge in [0.05, 0.1) is 33.1 Å². The molecule has 1 aliphatic carbocycles. The Hall–Kier alpha value is -5.35. The van der Waals surface area contributed by atoms with Gasteiger partial charge in [0.1, 0.15) is 9.79 Å². The number of fused-ring (bicyclic) bond motifs is 2. The van der Waals surface area contributed by atoms with Crippen molar-refractivity contribution in [2.75, 3.05) is 21.7 Å². The highest BCUT2D eigenvalue weighted by Gasteiger charge is 2.37. The molecule has 0 radical (unpaired) electrons. The molecule has 0 amide bonds. The van der Waals surface area contributed by atoms with Gasteiger partial charge in [-0.1, -0.05) is 24.3 Å². The monoisotopic (exact) mass is 799 g/mol. The summed E-state index contributed by atoms with van der Waals surface area (Å²) in [6.45, 7) is 4.23. The Morgan fingerprint density at radius 1 is 0.736 bits per heavy atom. The molecule has 53 heavy (non-hydrogen) atoms. The largest absolute Gasteiger partial charge is 0.397 e. The highest BCUT2D eigenvalue weighted by Crippen LogP contribution is 2.44. The first-order chi connectivity index (χ1) is 24.8. The Labute approximate surface area is 308 Å². The van der Waals surface area contributed by atoms with E-state index >= 15 is 0 Å². The molecule has 17 nitrogen and oxygen atoms in total. The quantitative estimate of drug-likeness (QED) is 0.0568. The van der Waals surface area contributed by atoms with Crippen molar-refractivity contribution in [1.29, 1.82) is 0 Å². The molecule has 0 bridgehead atoms. The molecular formula is C32H26ClN7O10S3. The molecule has 274 valence electrons. The van der Waals surface area contributed by atoms with E-state index in [1.165, 1.54) is 69.3 Å². The number of nitrogens with one attached hydrogen (secondary N) is 3. The summed E-state index contributed by atoms with van der Waals surface area (Å²) >= 11 is 3.98. The van der Waals surface area contributed by atoms with E-state index in [0.29, 0.717) is 5.69 Å². The molecule has 1 aliphatic rings. The number of halogens is 1. The minimum Gasteiger partial charge on any atom is -0.397 e. The Bertz CT molecular complexity index is 2670. The molecule has 0 spiro atoms. The summed E-state index contributed by atoms with van der Waals surface area (Å²) in [7, 11) is -10.1. The van der Waals surface area contributed by atoms with Crippen LogP contribution in [0.1, 0.15) is 48.5 Å². The second-order valence-corrected chi connectivity index (χ2v) is 15.7. The number of rotatable bonds is 9. The second-order valence-electron chi connectivity index (χ2n) is 11.6. The van der Waals surface area contributed by atoms with Gasteiger partial charge in [-0.25, -0.2) is 4.21 Å². The minimum atomic E-state index is -5.09. The van der Waals surface area contributed by atoms with Crippen LogP contribution in [-0.2, 0) is 31.3 Å². The third-order valence-electron chi connectivity index (χ3n) is 8.33. The maximum atomic E-state index is 13.9. The van der Waals surface area contributed by atoms with Crippen LogP contribution in [0, 0.1) is 20.8 Å². The summed E-state index contributed by atoms with van der Waals surface area (Å²) in [6, 6.07) is 12.4. The van der Waals surface area contributed by atoms with Crippen LogP contribution < -0.4 is 21.7 Å². The molecule has 1 heterocycles. The molecular weight excluding hydrogens is 774 g/mol. The fourth-order valence-corrected chi connectivity index (χ4v) is 8.21. The van der Waals surface area contributed by atoms with Crippen molar-refractivity contribution in [1.82, 2.24) is 15.0 Å². The highest BCUT2D eigenvalue weighted by molar-refractivity contribution is 7.86. The molecule has 1 aromatic heterocycles. The number of nitrogens with two attached hydrogens (primary N) is 1. The lowest BCUT2D eigenvalue weighted by molar-refractivity contribution is 0.0980. The molecule has 0 saturated heterocycles. The van der Waals surface area contributed by atoms with Crippen LogP contribution in [0.15, 0.2) is 69.3 Å². The number of aromatic nitrogens is 3. The van der Waals surface area contributed by atoms with E-state index < -0.39 is 63.9 Å². The fourth-order valence-electron chi connectivity index (χ4n) is 6.06. The average molecular weight is 800 g/mol. The van der Waals surface area contributed by atoms with Crippen LogP contribution in [0.2, 0.25) is 5.28 Å². The first-order valence-corrected chi connectivity index (χ1v) is 19.3. The molecule has 5 aromatic rings. The first kappa shape index (κ1) is 37.4. The fraction of sp³-hybridized carbons (Fsp3) is 0.0938. The van der Waals surface area contributed by atoms with Crippen molar-refractivity contribution in [2.45, 2.75) is 35.5 Å². The van der Waals surface area contributed by atoms with E-state index in [1.54, 1.807) is 0 Å². The zero-order chi connectivity index (χ0) is 38.7. The van der Waals surface area contributed by atoms with Crippen molar-refractivity contribution < 1.29 is 44.3 Å². The highest BCUT2D eigenvalue weighted by atomic mass is 35.5. The molecule has 21 heteroatoms. The van der Waals surface area contributed by atoms with Gasteiger partial charge in [-0.2, -0.15) is 31.8 Å². The normalized spacial score (nSPS) is 13.3. The van der Waals surface area contributed by atoms with Crippen molar-refractivity contribution in [3.63, 3.8) is 0 Å². The molecule has 1 atom stereocenters. The van der Waals surface area contributed by atoms with Crippen molar-refractivity contribution in [3.05, 3.63) is 98.8 Å². The third kappa shape index (κ3) is 6.95. The van der Waals surface area contributed by atoms with Gasteiger partial charge in [0.25, 0.3) is 20.2 Å². The van der Waals surface area contributed by atoms with Gasteiger partial charge in [0.15, 0.2) is 22.6 Å². The molecule has 0 fully saturated rings. The number of hydrogen-bond donors (Lipinski definition) is 7. The molecule has 6 rings (SSSR count). The van der Waals surface area contributed by atoms with E-state index in [4.69, 9.17) is 17.3 Å². The summed E-state index contributed by atoms with van der Waals surface area (Å²) in [5.41, 5.74) is 4.67. The molecule has 0 aliphatic heterocycles. The van der Waals surface area contributed by atoms with Gasteiger partial charge in [0, 0.05) is 22.5 Å². The lowest BCUT2D eigenvalue weighted by Crippen LogP contribution is -2.25. The van der Waals surface area contributed by atoms with E-state index in [9.17, 15) is 44.3 Å². The number of hydrogen-bond acceptors (Lipinski definition) is 14. The smallest absolute Gasteiger partial charge is 0.296 e. The minimum absolute atomic E-state index is 0.00942. The molecule has 1 unspecified atom stereocenters. The van der Waals surface area contributed by atoms with Crippen LogP contribution in [0.4, 0.5) is 40.3 Å². The number of nitrogen functional groups attached to an aromatic ring is 1. The van der Waals surface area contributed by atoms with Crippen molar-refractivity contribution in [2.24, 2.45) is 0 Å². The van der Waals surface area contributed by atoms with Gasteiger partial charge in [-0.3, -0.25) is 18.7 Å². The maximum Gasteiger partial charge on any atom is 0.296 e. The first-order valence-electron chi connectivity index (χ1n) is 14.9. The predicted octanol–water partition coefficient (Wildman–Crippen LogP) is 5.11. The van der Waals surface area contributed by atoms with Crippen LogP contribution in [-0.4, -0.2) is 61.2 Å². The number of benzene rings is 4. The summed E-state index contributed by atoms with van der Waals surface area (Å²) < 4.78 is 91.7. The van der Waals surface area contributed by atoms with Gasteiger partial charge in [0.2, 0.25) is 17.2 Å². The summed E-state index contributed by atoms with van der Waals surface area (Å²) in [5, 5.41) is 8.32. The predicted molar refractivity (Wildman–Crippen MR) is 195 cm³/mol. The van der Waals surface area contributed by atoms with Gasteiger partial charge >= 0.3 is 0 Å². The van der Waals surface area contributed by atoms with E-state index in [-0.39, 0.29) is 72.5 Å². The number of carbonyl (C=O) groups is 2. The lowest BCUT2D eigenvalue weighted by Gasteiger charge is -2.26. The van der Waals surface area contributed by atoms with Gasteiger partial charge in [-0.05, 0) is 79.4 Å².